The molecule has 2 aromatic carbocycles. The van der Waals surface area contributed by atoms with Crippen LogP contribution in [0, 0.1) is 0 Å². The predicted octanol–water partition coefficient (Wildman–Crippen LogP) is 5.93. The third-order valence-corrected chi connectivity index (χ3v) is 6.82. The van der Waals surface area contributed by atoms with Crippen molar-refractivity contribution in [2.24, 2.45) is 0 Å². The van der Waals surface area contributed by atoms with Gasteiger partial charge in [-0.25, -0.2) is 19.9 Å². The molecule has 0 spiro atoms. The average Bonchev–Trinajstić information content (AvgIpc) is 3.34. The Kier molecular flexibility index (Phi) is 6.57. The minimum atomic E-state index is -1.02. The first-order valence-electron chi connectivity index (χ1n) is 11.5. The number of fused-ring (bicyclic) bond motifs is 1. The van der Waals surface area contributed by atoms with E-state index in [1.54, 1.807) is 25.4 Å². The molecule has 0 saturated carbocycles. The first-order chi connectivity index (χ1) is 17.3. The van der Waals surface area contributed by atoms with Crippen molar-refractivity contribution >= 4 is 44.8 Å². The van der Waals surface area contributed by atoms with Gasteiger partial charge in [0.05, 0.1) is 43.5 Å². The number of pyridine rings is 1. The molecule has 5 rings (SSSR count). The van der Waals surface area contributed by atoms with Crippen molar-refractivity contribution in [3.05, 3.63) is 82.6 Å². The van der Waals surface area contributed by atoms with Crippen LogP contribution in [0.4, 0.5) is 11.6 Å². The molecule has 3 aromatic heterocycles. The zero-order valence-electron chi connectivity index (χ0n) is 19.9. The maximum atomic E-state index is 10.2. The topological polar surface area (TPSA) is 110 Å². The van der Waals surface area contributed by atoms with Gasteiger partial charge >= 0.3 is 0 Å². The number of benzene rings is 2. The van der Waals surface area contributed by atoms with Crippen molar-refractivity contribution in [3.63, 3.8) is 0 Å². The summed E-state index contributed by atoms with van der Waals surface area (Å²) in [6.45, 7) is 3.96. The summed E-state index contributed by atoms with van der Waals surface area (Å²) in [6.07, 6.45) is 0.534. The van der Waals surface area contributed by atoms with Crippen LogP contribution in [0.25, 0.3) is 32.7 Å². The number of nitrogens with one attached hydrogen (secondary N) is 1. The second-order valence-electron chi connectivity index (χ2n) is 8.92. The Balaban J connectivity index is 1.49. The molecule has 0 aliphatic rings. The molecule has 0 bridgehead atoms. The number of nitrogens with two attached hydrogens (primary N) is 1. The van der Waals surface area contributed by atoms with Crippen molar-refractivity contribution in [3.8, 4) is 22.5 Å². The standard InChI is InChI=1S/C27H25ClN6OS/c1-27(2,35)21-9-6-10-22(33-21)30-12-11-19-26(29)34-23(16-7-4-3-5-8-16)24(32-19)17-13-18(28)25-20(14-17)36-15-31-25/h3-10,13-15,35H,11-12H2,1-2H3,(H2,29,34)(H,30,33). The zero-order valence-corrected chi connectivity index (χ0v) is 21.4. The molecule has 0 unspecified atom stereocenters. The van der Waals surface area contributed by atoms with Crippen LogP contribution in [0.15, 0.2) is 66.2 Å². The Morgan fingerprint density at radius 3 is 2.53 bits per heavy atom. The number of halogens is 1. The summed E-state index contributed by atoms with van der Waals surface area (Å²) < 4.78 is 0.983. The number of nitrogen functional groups attached to an aromatic ring is 1. The van der Waals surface area contributed by atoms with E-state index >= 15 is 0 Å². The van der Waals surface area contributed by atoms with Gasteiger partial charge in [0.2, 0.25) is 0 Å². The maximum absolute atomic E-state index is 10.2. The molecule has 3 heterocycles. The third kappa shape index (κ3) is 5.02. The van der Waals surface area contributed by atoms with Crippen LogP contribution in [0.3, 0.4) is 0 Å². The van der Waals surface area contributed by atoms with Gasteiger partial charge < -0.3 is 16.2 Å². The van der Waals surface area contributed by atoms with Crippen molar-refractivity contribution in [2.45, 2.75) is 25.9 Å². The summed E-state index contributed by atoms with van der Waals surface area (Å²) >= 11 is 8.09. The average molecular weight is 517 g/mol. The molecular formula is C27H25ClN6OS. The molecule has 0 aliphatic heterocycles. The highest BCUT2D eigenvalue weighted by Gasteiger charge is 2.19. The van der Waals surface area contributed by atoms with Crippen LogP contribution < -0.4 is 11.1 Å². The van der Waals surface area contributed by atoms with Crippen LogP contribution >= 0.6 is 22.9 Å². The third-order valence-electron chi connectivity index (χ3n) is 5.75. The molecule has 182 valence electrons. The van der Waals surface area contributed by atoms with E-state index in [9.17, 15) is 5.11 Å². The van der Waals surface area contributed by atoms with Gasteiger partial charge in [0.15, 0.2) is 0 Å². The van der Waals surface area contributed by atoms with Crippen LogP contribution in [0.1, 0.15) is 25.2 Å². The number of thiazole rings is 1. The summed E-state index contributed by atoms with van der Waals surface area (Å²) in [5.41, 5.74) is 12.4. The van der Waals surface area contributed by atoms with Crippen LogP contribution in [-0.2, 0) is 12.0 Å². The number of hydrogen-bond acceptors (Lipinski definition) is 8. The molecule has 7 nitrogen and oxygen atoms in total. The fourth-order valence-corrected chi connectivity index (χ4v) is 4.98. The molecular weight excluding hydrogens is 492 g/mol. The molecule has 0 saturated heterocycles. The summed E-state index contributed by atoms with van der Waals surface area (Å²) in [6, 6.07) is 19.3. The van der Waals surface area contributed by atoms with E-state index in [4.69, 9.17) is 27.3 Å². The van der Waals surface area contributed by atoms with Crippen molar-refractivity contribution in [1.82, 2.24) is 19.9 Å². The Morgan fingerprint density at radius 2 is 1.75 bits per heavy atom. The fraction of sp³-hybridized carbons (Fsp3) is 0.185. The maximum Gasteiger partial charge on any atom is 0.146 e. The molecule has 4 N–H and O–H groups in total. The van der Waals surface area contributed by atoms with Gasteiger partial charge in [0, 0.05) is 24.1 Å². The number of rotatable bonds is 7. The first-order valence-corrected chi connectivity index (χ1v) is 12.7. The molecule has 0 atom stereocenters. The lowest BCUT2D eigenvalue weighted by Gasteiger charge is -2.17. The second kappa shape index (κ2) is 9.81. The van der Waals surface area contributed by atoms with Crippen LogP contribution in [0.5, 0.6) is 0 Å². The van der Waals surface area contributed by atoms with Gasteiger partial charge in [0.1, 0.15) is 17.2 Å². The quantitative estimate of drug-likeness (QED) is 0.246. The SMILES string of the molecule is CC(C)(O)c1cccc(NCCc2nc(-c3cc(Cl)c4ncsc4c3)c(-c3ccccc3)nc2N)n1. The Morgan fingerprint density at radius 1 is 0.972 bits per heavy atom. The van der Waals surface area contributed by atoms with Gasteiger partial charge in [-0.05, 0) is 38.1 Å². The highest BCUT2D eigenvalue weighted by Crippen LogP contribution is 2.36. The van der Waals surface area contributed by atoms with E-state index in [1.807, 2.05) is 54.6 Å². The van der Waals surface area contributed by atoms with E-state index in [0.717, 1.165) is 21.3 Å². The normalized spacial score (nSPS) is 11.7. The van der Waals surface area contributed by atoms with Crippen molar-refractivity contribution in [1.29, 1.82) is 0 Å². The fourth-order valence-electron chi connectivity index (χ4n) is 3.91. The lowest BCUT2D eigenvalue weighted by molar-refractivity contribution is 0.0740. The second-order valence-corrected chi connectivity index (χ2v) is 10.2. The monoisotopic (exact) mass is 516 g/mol. The molecule has 36 heavy (non-hydrogen) atoms. The summed E-state index contributed by atoms with van der Waals surface area (Å²) in [7, 11) is 0. The van der Waals surface area contributed by atoms with E-state index in [0.29, 0.717) is 52.4 Å². The smallest absolute Gasteiger partial charge is 0.146 e. The zero-order chi connectivity index (χ0) is 25.3. The van der Waals surface area contributed by atoms with E-state index in [-0.39, 0.29) is 0 Å². The highest BCUT2D eigenvalue weighted by atomic mass is 35.5. The van der Waals surface area contributed by atoms with E-state index in [1.165, 1.54) is 11.3 Å². The first kappa shape index (κ1) is 24.1. The van der Waals surface area contributed by atoms with Gasteiger partial charge in [-0.3, -0.25) is 0 Å². The summed E-state index contributed by atoms with van der Waals surface area (Å²) in [5, 5.41) is 14.1. The molecule has 0 fully saturated rings. The summed E-state index contributed by atoms with van der Waals surface area (Å²) in [4.78, 5) is 18.6. The Labute approximate surface area is 218 Å². The minimum absolute atomic E-state index is 0.377. The van der Waals surface area contributed by atoms with Crippen LogP contribution in [0.2, 0.25) is 5.02 Å². The Hall–Kier alpha value is -3.59. The molecule has 5 aromatic rings. The number of aromatic nitrogens is 4. The number of nitrogens with zero attached hydrogens (tertiary/aromatic N) is 4. The molecule has 9 heteroatoms. The number of aliphatic hydroxyl groups is 1. The van der Waals surface area contributed by atoms with Crippen LogP contribution in [-0.4, -0.2) is 31.6 Å². The van der Waals surface area contributed by atoms with Gasteiger partial charge in [0.25, 0.3) is 0 Å². The number of anilines is 2. The Bertz CT molecular complexity index is 1530. The minimum Gasteiger partial charge on any atom is -0.384 e. The summed E-state index contributed by atoms with van der Waals surface area (Å²) in [5.74, 6) is 1.05. The van der Waals surface area contributed by atoms with Crippen molar-refractivity contribution in [2.75, 3.05) is 17.6 Å². The molecule has 0 aliphatic carbocycles. The molecule has 0 amide bonds. The van der Waals surface area contributed by atoms with Gasteiger partial charge in [-0.1, -0.05) is 48.0 Å². The lowest BCUT2D eigenvalue weighted by Crippen LogP contribution is -2.18. The van der Waals surface area contributed by atoms with Gasteiger partial charge in [-0.15, -0.1) is 11.3 Å². The van der Waals surface area contributed by atoms with E-state index < -0.39 is 5.60 Å². The lowest BCUT2D eigenvalue weighted by atomic mass is 10.0. The highest BCUT2D eigenvalue weighted by molar-refractivity contribution is 7.16. The predicted molar refractivity (Wildman–Crippen MR) is 147 cm³/mol. The molecule has 0 radical (unpaired) electrons. The van der Waals surface area contributed by atoms with Gasteiger partial charge in [-0.2, -0.15) is 0 Å². The largest absolute Gasteiger partial charge is 0.384 e. The van der Waals surface area contributed by atoms with E-state index in [2.05, 4.69) is 15.3 Å². The van der Waals surface area contributed by atoms with Crippen molar-refractivity contribution < 1.29 is 5.11 Å². The number of hydrogen-bond donors (Lipinski definition) is 3.